The molecule has 8 heteroatoms. The van der Waals surface area contributed by atoms with E-state index in [4.69, 9.17) is 0 Å². The topological polar surface area (TPSA) is 54.9 Å². The van der Waals surface area contributed by atoms with Gasteiger partial charge in [0, 0.05) is 6.07 Å². The van der Waals surface area contributed by atoms with E-state index >= 15 is 0 Å². The quantitative estimate of drug-likeness (QED) is 0.583. The fraction of sp³-hybridized carbons (Fsp3) is 0. The molecule has 4 aromatic rings. The molecule has 0 radical (unpaired) electrons. The Morgan fingerprint density at radius 2 is 1.87 bits per heavy atom. The maximum Gasteiger partial charge on any atom is 0.286 e. The van der Waals surface area contributed by atoms with E-state index in [1.54, 1.807) is 0 Å². The van der Waals surface area contributed by atoms with Crippen LogP contribution in [0, 0.1) is 11.6 Å². The molecule has 23 heavy (non-hydrogen) atoms. The third-order valence-corrected chi connectivity index (χ3v) is 5.07. The molecular formula is C15H7F2N3OS2. The van der Waals surface area contributed by atoms with Crippen LogP contribution in [0.25, 0.3) is 20.4 Å². The lowest BCUT2D eigenvalue weighted by Crippen LogP contribution is -2.11. The smallest absolute Gasteiger partial charge is 0.286 e. The number of nitrogens with zero attached hydrogens (tertiary/aromatic N) is 2. The zero-order chi connectivity index (χ0) is 16.0. The summed E-state index contributed by atoms with van der Waals surface area (Å²) in [6.07, 6.45) is 0. The standard InChI is InChI=1S/C15H7F2N3OS2/c16-7-5-8(17)12-11(6-7)23-15(19-12)20-13(21)14-18-9-3-1-2-4-10(9)22-14/h1-6H,(H,19,20,21). The van der Waals surface area contributed by atoms with Gasteiger partial charge in [0.15, 0.2) is 16.0 Å². The minimum atomic E-state index is -0.753. The van der Waals surface area contributed by atoms with Gasteiger partial charge >= 0.3 is 0 Å². The second kappa shape index (κ2) is 5.32. The number of aromatic nitrogens is 2. The number of fused-ring (bicyclic) bond motifs is 2. The van der Waals surface area contributed by atoms with Gasteiger partial charge in [-0.25, -0.2) is 18.7 Å². The van der Waals surface area contributed by atoms with Crippen molar-refractivity contribution in [2.45, 2.75) is 0 Å². The van der Waals surface area contributed by atoms with Gasteiger partial charge in [-0.1, -0.05) is 23.5 Å². The molecule has 0 bridgehead atoms. The minimum absolute atomic E-state index is 0.0380. The maximum absolute atomic E-state index is 13.6. The second-order valence-corrected chi connectivity index (χ2v) is 6.76. The lowest BCUT2D eigenvalue weighted by atomic mass is 10.3. The minimum Gasteiger partial charge on any atom is -0.296 e. The molecule has 2 aromatic carbocycles. The van der Waals surface area contributed by atoms with Gasteiger partial charge in [-0.15, -0.1) is 11.3 Å². The van der Waals surface area contributed by atoms with Crippen LogP contribution in [0.1, 0.15) is 9.80 Å². The molecule has 1 N–H and O–H groups in total. The number of rotatable bonds is 2. The third-order valence-electron chi connectivity index (χ3n) is 3.12. The zero-order valence-corrected chi connectivity index (χ0v) is 13.0. The van der Waals surface area contributed by atoms with Crippen molar-refractivity contribution in [3.05, 3.63) is 53.0 Å². The molecule has 4 rings (SSSR count). The monoisotopic (exact) mass is 347 g/mol. The Morgan fingerprint density at radius 3 is 2.70 bits per heavy atom. The van der Waals surface area contributed by atoms with Crippen LogP contribution >= 0.6 is 22.7 Å². The van der Waals surface area contributed by atoms with Gasteiger partial charge in [0.05, 0.1) is 14.9 Å². The average molecular weight is 347 g/mol. The molecule has 0 unspecified atom stereocenters. The van der Waals surface area contributed by atoms with E-state index in [-0.39, 0.29) is 15.7 Å². The average Bonchev–Trinajstić information content (AvgIpc) is 3.10. The maximum atomic E-state index is 13.6. The highest BCUT2D eigenvalue weighted by molar-refractivity contribution is 7.22. The summed E-state index contributed by atoms with van der Waals surface area (Å²) >= 11 is 2.27. The Hall–Kier alpha value is -2.45. The molecule has 0 aliphatic rings. The van der Waals surface area contributed by atoms with Crippen molar-refractivity contribution in [3.8, 4) is 0 Å². The van der Waals surface area contributed by atoms with Crippen LogP contribution in [0.5, 0.6) is 0 Å². The summed E-state index contributed by atoms with van der Waals surface area (Å²) in [7, 11) is 0. The summed E-state index contributed by atoms with van der Waals surface area (Å²) in [4.78, 5) is 20.5. The number of para-hydroxylation sites is 1. The lowest BCUT2D eigenvalue weighted by Gasteiger charge is -1.95. The zero-order valence-electron chi connectivity index (χ0n) is 11.3. The molecular weight excluding hydrogens is 340 g/mol. The summed E-state index contributed by atoms with van der Waals surface area (Å²) in [6.45, 7) is 0. The molecule has 114 valence electrons. The van der Waals surface area contributed by atoms with E-state index in [0.29, 0.717) is 4.70 Å². The van der Waals surface area contributed by atoms with Gasteiger partial charge in [0.2, 0.25) is 0 Å². The Labute approximate surface area is 136 Å². The van der Waals surface area contributed by atoms with Gasteiger partial charge in [-0.05, 0) is 18.2 Å². The van der Waals surface area contributed by atoms with Crippen molar-refractivity contribution in [2.24, 2.45) is 0 Å². The number of amides is 1. The number of carbonyl (C=O) groups is 1. The van der Waals surface area contributed by atoms with E-state index in [9.17, 15) is 13.6 Å². The van der Waals surface area contributed by atoms with Crippen molar-refractivity contribution >= 4 is 54.1 Å². The van der Waals surface area contributed by atoms with E-state index < -0.39 is 17.5 Å². The number of thiazole rings is 2. The molecule has 0 saturated carbocycles. The first kappa shape index (κ1) is 14.2. The van der Waals surface area contributed by atoms with E-state index in [1.807, 2.05) is 24.3 Å². The summed E-state index contributed by atoms with van der Waals surface area (Å²) < 4.78 is 28.1. The number of benzene rings is 2. The van der Waals surface area contributed by atoms with Crippen molar-refractivity contribution in [2.75, 3.05) is 5.32 Å². The van der Waals surface area contributed by atoms with Crippen LogP contribution in [0.2, 0.25) is 0 Å². The fourth-order valence-electron chi connectivity index (χ4n) is 2.13. The largest absolute Gasteiger partial charge is 0.296 e. The number of anilines is 1. The first-order chi connectivity index (χ1) is 11.1. The Bertz CT molecular complexity index is 1020. The van der Waals surface area contributed by atoms with Crippen molar-refractivity contribution in [1.29, 1.82) is 0 Å². The van der Waals surface area contributed by atoms with Gasteiger partial charge in [-0.2, -0.15) is 0 Å². The van der Waals surface area contributed by atoms with Gasteiger partial charge in [0.25, 0.3) is 5.91 Å². The van der Waals surface area contributed by atoms with Crippen molar-refractivity contribution < 1.29 is 13.6 Å². The normalized spacial score (nSPS) is 11.2. The van der Waals surface area contributed by atoms with Crippen LogP contribution in [0.15, 0.2) is 36.4 Å². The molecule has 4 nitrogen and oxygen atoms in total. The summed E-state index contributed by atoms with van der Waals surface area (Å²) in [5, 5.41) is 3.07. The van der Waals surface area contributed by atoms with Gasteiger partial charge in [0.1, 0.15) is 11.3 Å². The van der Waals surface area contributed by atoms with Crippen LogP contribution < -0.4 is 5.32 Å². The van der Waals surface area contributed by atoms with Crippen LogP contribution in [0.4, 0.5) is 13.9 Å². The number of hydrogen-bond acceptors (Lipinski definition) is 5. The van der Waals surface area contributed by atoms with Crippen LogP contribution in [-0.2, 0) is 0 Å². The number of nitrogens with one attached hydrogen (secondary N) is 1. The number of carbonyl (C=O) groups excluding carboxylic acids is 1. The van der Waals surface area contributed by atoms with Gasteiger partial charge in [-0.3, -0.25) is 10.1 Å². The highest BCUT2D eigenvalue weighted by Gasteiger charge is 2.16. The number of halogens is 2. The molecule has 0 saturated heterocycles. The Morgan fingerprint density at radius 1 is 1.04 bits per heavy atom. The fourth-order valence-corrected chi connectivity index (χ4v) is 3.89. The summed E-state index contributed by atoms with van der Waals surface area (Å²) in [6, 6.07) is 9.35. The van der Waals surface area contributed by atoms with Gasteiger partial charge < -0.3 is 0 Å². The molecule has 0 fully saturated rings. The first-order valence-electron chi connectivity index (χ1n) is 6.53. The third kappa shape index (κ3) is 2.55. The SMILES string of the molecule is O=C(Nc1nc2c(F)cc(F)cc2s1)c1nc2ccccc2s1. The Kier molecular flexibility index (Phi) is 3.28. The summed E-state index contributed by atoms with van der Waals surface area (Å²) in [5.41, 5.74) is 0.774. The molecule has 0 aliphatic heterocycles. The molecule has 0 spiro atoms. The van der Waals surface area contributed by atoms with E-state index in [0.717, 1.165) is 27.6 Å². The predicted molar refractivity (Wildman–Crippen MR) is 87.1 cm³/mol. The lowest BCUT2D eigenvalue weighted by molar-refractivity contribution is 0.102. The molecule has 2 heterocycles. The molecule has 2 aromatic heterocycles. The van der Waals surface area contributed by atoms with Crippen molar-refractivity contribution in [1.82, 2.24) is 9.97 Å². The Balaban J connectivity index is 1.67. The highest BCUT2D eigenvalue weighted by atomic mass is 32.1. The second-order valence-electron chi connectivity index (χ2n) is 4.69. The van der Waals surface area contributed by atoms with E-state index in [2.05, 4.69) is 15.3 Å². The molecule has 0 atom stereocenters. The first-order valence-corrected chi connectivity index (χ1v) is 8.16. The summed E-state index contributed by atoms with van der Waals surface area (Å²) in [5.74, 6) is -1.86. The highest BCUT2D eigenvalue weighted by Crippen LogP contribution is 2.29. The van der Waals surface area contributed by atoms with Crippen molar-refractivity contribution in [3.63, 3.8) is 0 Å². The van der Waals surface area contributed by atoms with Crippen LogP contribution in [0.3, 0.4) is 0 Å². The predicted octanol–water partition coefficient (Wildman–Crippen LogP) is 4.44. The molecule has 1 amide bonds. The number of hydrogen-bond donors (Lipinski definition) is 1. The van der Waals surface area contributed by atoms with E-state index in [1.165, 1.54) is 17.4 Å². The molecule has 0 aliphatic carbocycles. The van der Waals surface area contributed by atoms with Crippen LogP contribution in [-0.4, -0.2) is 15.9 Å².